The first-order chi connectivity index (χ1) is 7.34. The third-order valence-electron chi connectivity index (χ3n) is 2.65. The van der Waals surface area contributed by atoms with Crippen molar-refractivity contribution in [1.29, 1.82) is 0 Å². The van der Waals surface area contributed by atoms with Gasteiger partial charge in [-0.2, -0.15) is 0 Å². The summed E-state index contributed by atoms with van der Waals surface area (Å²) < 4.78 is 0. The van der Waals surface area contributed by atoms with Gasteiger partial charge in [0.15, 0.2) is 0 Å². The fourth-order valence-corrected chi connectivity index (χ4v) is 2.57. The summed E-state index contributed by atoms with van der Waals surface area (Å²) in [5.74, 6) is 0.995. The maximum Gasteiger partial charge on any atom is 0.127 e. The highest BCUT2D eigenvalue weighted by atomic mass is 32.1. The van der Waals surface area contributed by atoms with Crippen LogP contribution in [0.2, 0.25) is 0 Å². The number of nitrogens with zero attached hydrogens (tertiary/aromatic N) is 1. The topological polar surface area (TPSA) is 33.1 Å². The van der Waals surface area contributed by atoms with Crippen LogP contribution in [0.25, 0.3) is 10.6 Å². The number of benzene rings is 1. The van der Waals surface area contributed by atoms with Crippen molar-refractivity contribution in [2.45, 2.75) is 18.8 Å². The van der Waals surface area contributed by atoms with Crippen LogP contribution >= 0.6 is 11.3 Å². The fourth-order valence-electron chi connectivity index (χ4n) is 1.63. The number of aromatic hydroxyl groups is 1. The van der Waals surface area contributed by atoms with Crippen LogP contribution in [0.3, 0.4) is 0 Å². The molecule has 0 bridgehead atoms. The lowest BCUT2D eigenvalue weighted by Crippen LogP contribution is -1.80. The molecule has 1 aromatic carbocycles. The number of phenolic OH excluding ortho intramolecular Hbond substituents is 1. The minimum atomic E-state index is 0.314. The molecule has 0 saturated heterocycles. The van der Waals surface area contributed by atoms with Crippen molar-refractivity contribution in [1.82, 2.24) is 4.98 Å². The van der Waals surface area contributed by atoms with Crippen LogP contribution in [-0.4, -0.2) is 10.1 Å². The molecule has 3 heteroatoms. The van der Waals surface area contributed by atoms with E-state index in [4.69, 9.17) is 0 Å². The van der Waals surface area contributed by atoms with Crippen LogP contribution < -0.4 is 0 Å². The fraction of sp³-hybridized carbons (Fsp3) is 0.250. The van der Waals surface area contributed by atoms with E-state index in [1.165, 1.54) is 18.5 Å². The van der Waals surface area contributed by atoms with Gasteiger partial charge in [-0.05, 0) is 25.0 Å². The van der Waals surface area contributed by atoms with Crippen LogP contribution in [0.5, 0.6) is 5.75 Å². The van der Waals surface area contributed by atoms with Crippen molar-refractivity contribution in [3.05, 3.63) is 35.3 Å². The Hall–Kier alpha value is -1.35. The number of hydrogen-bond acceptors (Lipinski definition) is 3. The third-order valence-corrected chi connectivity index (χ3v) is 3.55. The molecule has 1 aliphatic rings. The van der Waals surface area contributed by atoms with Gasteiger partial charge in [-0.1, -0.05) is 12.1 Å². The number of thiazole rings is 1. The minimum absolute atomic E-state index is 0.314. The molecule has 0 spiro atoms. The number of para-hydroxylation sites is 1. The molecule has 0 aliphatic heterocycles. The molecule has 2 nitrogen and oxygen atoms in total. The molecule has 1 aromatic heterocycles. The molecule has 1 saturated carbocycles. The van der Waals surface area contributed by atoms with Gasteiger partial charge in [-0.15, -0.1) is 11.3 Å². The standard InChI is InChI=1S/C12H11NOS/c14-11-4-2-1-3-9(11)12-13-10(7-15-12)8-5-6-8/h1-4,7-8,14H,5-6H2. The highest BCUT2D eigenvalue weighted by Crippen LogP contribution is 2.42. The number of rotatable bonds is 2. The Balaban J connectivity index is 2.01. The van der Waals surface area contributed by atoms with Crippen molar-refractivity contribution >= 4 is 11.3 Å². The summed E-state index contributed by atoms with van der Waals surface area (Å²) >= 11 is 1.61. The first-order valence-electron chi connectivity index (χ1n) is 5.08. The number of aromatic nitrogens is 1. The second-order valence-corrected chi connectivity index (χ2v) is 4.73. The second kappa shape index (κ2) is 3.35. The van der Waals surface area contributed by atoms with Crippen molar-refractivity contribution in [2.24, 2.45) is 0 Å². The van der Waals surface area contributed by atoms with E-state index in [1.54, 1.807) is 17.4 Å². The Labute approximate surface area is 92.2 Å². The van der Waals surface area contributed by atoms with Gasteiger partial charge in [-0.3, -0.25) is 0 Å². The predicted molar refractivity (Wildman–Crippen MR) is 61.2 cm³/mol. The summed E-state index contributed by atoms with van der Waals surface area (Å²) in [5.41, 5.74) is 2.03. The zero-order valence-electron chi connectivity index (χ0n) is 8.18. The molecule has 3 rings (SSSR count). The van der Waals surface area contributed by atoms with Crippen LogP contribution in [-0.2, 0) is 0 Å². The molecule has 15 heavy (non-hydrogen) atoms. The average molecular weight is 217 g/mol. The van der Waals surface area contributed by atoms with Gasteiger partial charge in [0.1, 0.15) is 10.8 Å². The molecule has 1 N–H and O–H groups in total. The summed E-state index contributed by atoms with van der Waals surface area (Å²) in [5, 5.41) is 12.7. The monoisotopic (exact) mass is 217 g/mol. The van der Waals surface area contributed by atoms with Gasteiger partial charge in [0, 0.05) is 11.3 Å². The van der Waals surface area contributed by atoms with E-state index in [9.17, 15) is 5.11 Å². The SMILES string of the molecule is Oc1ccccc1-c1nc(C2CC2)cs1. The lowest BCUT2D eigenvalue weighted by atomic mass is 10.2. The molecular formula is C12H11NOS. The minimum Gasteiger partial charge on any atom is -0.507 e. The lowest BCUT2D eigenvalue weighted by molar-refractivity contribution is 0.477. The zero-order chi connectivity index (χ0) is 10.3. The Morgan fingerprint density at radius 1 is 1.27 bits per heavy atom. The highest BCUT2D eigenvalue weighted by molar-refractivity contribution is 7.13. The molecule has 76 valence electrons. The first kappa shape index (κ1) is 8.92. The van der Waals surface area contributed by atoms with Crippen molar-refractivity contribution < 1.29 is 5.11 Å². The molecule has 2 aromatic rings. The Morgan fingerprint density at radius 3 is 2.80 bits per heavy atom. The van der Waals surface area contributed by atoms with Crippen LogP contribution in [0.15, 0.2) is 29.6 Å². The van der Waals surface area contributed by atoms with E-state index in [0.717, 1.165) is 10.6 Å². The van der Waals surface area contributed by atoms with Gasteiger partial charge in [0.25, 0.3) is 0 Å². The van der Waals surface area contributed by atoms with Crippen LogP contribution in [0.4, 0.5) is 0 Å². The van der Waals surface area contributed by atoms with E-state index in [1.807, 2.05) is 18.2 Å². The highest BCUT2D eigenvalue weighted by Gasteiger charge is 2.26. The van der Waals surface area contributed by atoms with Crippen LogP contribution in [0, 0.1) is 0 Å². The van der Waals surface area contributed by atoms with E-state index < -0.39 is 0 Å². The molecule has 1 fully saturated rings. The van der Waals surface area contributed by atoms with E-state index in [2.05, 4.69) is 10.4 Å². The normalized spacial score (nSPS) is 15.5. The smallest absolute Gasteiger partial charge is 0.127 e. The number of hydrogen-bond donors (Lipinski definition) is 1. The summed E-state index contributed by atoms with van der Waals surface area (Å²) in [6.45, 7) is 0. The van der Waals surface area contributed by atoms with Crippen molar-refractivity contribution in [3.63, 3.8) is 0 Å². The van der Waals surface area contributed by atoms with Gasteiger partial charge in [-0.25, -0.2) is 4.98 Å². The molecule has 1 heterocycles. The van der Waals surface area contributed by atoms with Crippen molar-refractivity contribution in [3.8, 4) is 16.3 Å². The van der Waals surface area contributed by atoms with Gasteiger partial charge in [0.2, 0.25) is 0 Å². The Kier molecular flexibility index (Phi) is 1.99. The summed E-state index contributed by atoms with van der Waals surface area (Å²) in [6.07, 6.45) is 2.54. The van der Waals surface area contributed by atoms with Gasteiger partial charge >= 0.3 is 0 Å². The zero-order valence-corrected chi connectivity index (χ0v) is 9.00. The molecule has 0 amide bonds. The van der Waals surface area contributed by atoms with Gasteiger partial charge in [0.05, 0.1) is 11.3 Å². The predicted octanol–water partition coefficient (Wildman–Crippen LogP) is 3.39. The Bertz CT molecular complexity index is 488. The number of phenols is 1. The van der Waals surface area contributed by atoms with Crippen LogP contribution in [0.1, 0.15) is 24.5 Å². The van der Waals surface area contributed by atoms with E-state index >= 15 is 0 Å². The second-order valence-electron chi connectivity index (χ2n) is 3.87. The molecule has 0 radical (unpaired) electrons. The largest absolute Gasteiger partial charge is 0.507 e. The maximum atomic E-state index is 9.69. The quantitative estimate of drug-likeness (QED) is 0.836. The van der Waals surface area contributed by atoms with E-state index in [0.29, 0.717) is 11.7 Å². The van der Waals surface area contributed by atoms with Gasteiger partial charge < -0.3 is 5.11 Å². The van der Waals surface area contributed by atoms with E-state index in [-0.39, 0.29) is 0 Å². The molecule has 0 atom stereocenters. The summed E-state index contributed by atoms with van der Waals surface area (Å²) in [6, 6.07) is 7.36. The van der Waals surface area contributed by atoms with Crippen molar-refractivity contribution in [2.75, 3.05) is 0 Å². The molecule has 0 unspecified atom stereocenters. The third kappa shape index (κ3) is 1.63. The molecular weight excluding hydrogens is 206 g/mol. The maximum absolute atomic E-state index is 9.69. The Morgan fingerprint density at radius 2 is 2.07 bits per heavy atom. The average Bonchev–Trinajstić information content (AvgIpc) is 2.99. The lowest BCUT2D eigenvalue weighted by Gasteiger charge is -1.98. The first-order valence-corrected chi connectivity index (χ1v) is 5.96. The summed E-state index contributed by atoms with van der Waals surface area (Å²) in [7, 11) is 0. The molecule has 1 aliphatic carbocycles. The summed E-state index contributed by atoms with van der Waals surface area (Å²) in [4.78, 5) is 4.56.